The van der Waals surface area contributed by atoms with Crippen LogP contribution >= 0.6 is 0 Å². The zero-order valence-electron chi connectivity index (χ0n) is 8.38. The Bertz CT molecular complexity index is 266. The van der Waals surface area contributed by atoms with E-state index >= 15 is 0 Å². The van der Waals surface area contributed by atoms with Crippen molar-refractivity contribution in [2.45, 2.75) is 26.6 Å². The van der Waals surface area contributed by atoms with Gasteiger partial charge in [-0.05, 0) is 0 Å². The second-order valence-electron chi connectivity index (χ2n) is 2.11. The maximum absolute atomic E-state index is 6.96. The molecule has 3 nitrogen and oxygen atoms in total. The van der Waals surface area contributed by atoms with Gasteiger partial charge in [-0.25, -0.2) is 0 Å². The molecule has 0 aliphatic heterocycles. The quantitative estimate of drug-likeness (QED) is 0.576. The summed E-state index contributed by atoms with van der Waals surface area (Å²) < 4.78 is 25.5. The van der Waals surface area contributed by atoms with E-state index in [4.69, 9.17) is 4.11 Å². The van der Waals surface area contributed by atoms with E-state index in [1.54, 1.807) is 0 Å². The van der Waals surface area contributed by atoms with Crippen molar-refractivity contribution in [2.24, 2.45) is 0 Å². The van der Waals surface area contributed by atoms with Gasteiger partial charge in [0.1, 0.15) is 0 Å². The van der Waals surface area contributed by atoms with Gasteiger partial charge in [0.05, 0.1) is 0 Å². The van der Waals surface area contributed by atoms with E-state index in [9.17, 15) is 0 Å². The van der Waals surface area contributed by atoms with Crippen LogP contribution in [0.3, 0.4) is 0 Å². The molecule has 0 aromatic carbocycles. The minimum Gasteiger partial charge on any atom is -0.340 e. The number of hydrogen-bond donors (Lipinski definition) is 0. The van der Waals surface area contributed by atoms with E-state index in [2.05, 4.69) is 14.7 Å². The average molecular weight is 129 g/mol. The summed E-state index contributed by atoms with van der Waals surface area (Å²) in [5, 5.41) is 3.54. The largest absolute Gasteiger partial charge is 0.340 e. The van der Waals surface area contributed by atoms with Crippen LogP contribution < -0.4 is 0 Å². The highest BCUT2D eigenvalue weighted by atomic mass is 16.5. The van der Waals surface area contributed by atoms with Crippen molar-refractivity contribution >= 4 is 0 Å². The Hall–Kier alpha value is -0.860. The van der Waals surface area contributed by atoms with Gasteiger partial charge in [-0.15, -0.1) is 0 Å². The van der Waals surface area contributed by atoms with E-state index in [1.807, 2.05) is 13.8 Å². The molecule has 9 heavy (non-hydrogen) atoms. The molecular weight excluding hydrogens is 116 g/mol. The van der Waals surface area contributed by atoms with E-state index in [1.165, 1.54) is 0 Å². The third kappa shape index (κ3) is 1.28. The van der Waals surface area contributed by atoms with Crippen molar-refractivity contribution < 1.29 is 8.64 Å². The molecule has 0 saturated carbocycles. The lowest BCUT2D eigenvalue weighted by atomic mass is 10.2. The normalized spacial score (nSPS) is 17.0. The number of hydrogen-bond acceptors (Lipinski definition) is 3. The van der Waals surface area contributed by atoms with Gasteiger partial charge >= 0.3 is 0 Å². The molecule has 0 saturated heterocycles. The van der Waals surface area contributed by atoms with Crippen molar-refractivity contribution in [1.82, 2.24) is 10.1 Å². The van der Waals surface area contributed by atoms with E-state index in [0.717, 1.165) is 0 Å². The molecule has 3 heteroatoms. The minimum absolute atomic E-state index is 0.0878. The van der Waals surface area contributed by atoms with E-state index in [0.29, 0.717) is 5.82 Å². The van der Waals surface area contributed by atoms with Crippen molar-refractivity contribution in [2.75, 3.05) is 0 Å². The van der Waals surface area contributed by atoms with Crippen LogP contribution in [0.1, 0.15) is 35.6 Å². The molecule has 1 aromatic rings. The first-order valence-corrected chi connectivity index (χ1v) is 2.75. The predicted octanol–water partition coefficient (Wildman–Crippen LogP) is 1.50. The minimum atomic E-state index is -2.29. The zero-order chi connectivity index (χ0) is 9.35. The molecule has 0 radical (unpaired) electrons. The average Bonchev–Trinajstić information content (AvgIpc) is 2.30. The second-order valence-corrected chi connectivity index (χ2v) is 2.11. The number of aromatic nitrogens is 2. The molecule has 1 heterocycles. The van der Waals surface area contributed by atoms with Crippen LogP contribution in [0.2, 0.25) is 0 Å². The van der Waals surface area contributed by atoms with Gasteiger partial charge < -0.3 is 4.52 Å². The molecule has 0 N–H and O–H groups in total. The Labute approximate surface area is 58.3 Å². The molecule has 0 aliphatic carbocycles. The predicted molar refractivity (Wildman–Crippen MR) is 33.1 cm³/mol. The summed E-state index contributed by atoms with van der Waals surface area (Å²) in [6.45, 7) is 1.45. The molecule has 0 fully saturated rings. The Kier molecular flexibility index (Phi) is 0.806. The topological polar surface area (TPSA) is 38.9 Å². The van der Waals surface area contributed by atoms with Crippen LogP contribution in [0.5, 0.6) is 0 Å². The smallest absolute Gasteiger partial charge is 0.223 e. The lowest BCUT2D eigenvalue weighted by molar-refractivity contribution is 0.385. The first kappa shape index (κ1) is 3.34. The summed E-state index contributed by atoms with van der Waals surface area (Å²) in [6, 6.07) is 0. The number of nitrogens with zero attached hydrogens (tertiary/aromatic N) is 2. The van der Waals surface area contributed by atoms with Crippen LogP contribution in [-0.2, 0) is 0 Å². The Morgan fingerprint density at radius 3 is 2.78 bits per heavy atom. The van der Waals surface area contributed by atoms with Crippen molar-refractivity contribution in [1.29, 1.82) is 0 Å². The summed E-state index contributed by atoms with van der Waals surface area (Å²) >= 11 is 0. The molecule has 1 rings (SSSR count). The summed E-state index contributed by atoms with van der Waals surface area (Å²) in [5.41, 5.74) is 0. The number of rotatable bonds is 1. The van der Waals surface area contributed by atoms with Crippen molar-refractivity contribution in [3.8, 4) is 0 Å². The summed E-state index contributed by atoms with van der Waals surface area (Å²) in [4.78, 5) is 3.74. The lowest BCUT2D eigenvalue weighted by Gasteiger charge is -1.90. The van der Waals surface area contributed by atoms with Crippen LogP contribution in [0.15, 0.2) is 4.52 Å². The molecule has 0 aliphatic rings. The van der Waals surface area contributed by atoms with Gasteiger partial charge in [-0.2, -0.15) is 4.98 Å². The Morgan fingerprint density at radius 1 is 1.67 bits per heavy atom. The molecule has 50 valence electrons. The summed E-state index contributed by atoms with van der Waals surface area (Å²) in [6.07, 6.45) is 0. The number of aryl methyl sites for hydroxylation is 1. The van der Waals surface area contributed by atoms with Gasteiger partial charge in [-0.3, -0.25) is 0 Å². The molecule has 0 unspecified atom stereocenters. The Morgan fingerprint density at radius 2 is 2.44 bits per heavy atom. The fraction of sp³-hybridized carbons (Fsp3) is 0.667. The van der Waals surface area contributed by atoms with Crippen LogP contribution in [0.25, 0.3) is 0 Å². The first-order chi connectivity index (χ1) is 5.41. The molecule has 0 bridgehead atoms. The molecule has 0 spiro atoms. The SMILES string of the molecule is [2H]C([2H])([2H])c1nc(C(C)C)no1. The molecular formula is C6H10N2O. The van der Waals surface area contributed by atoms with Crippen molar-refractivity contribution in [3.05, 3.63) is 11.7 Å². The second kappa shape index (κ2) is 2.17. The third-order valence-electron chi connectivity index (χ3n) is 0.958. The van der Waals surface area contributed by atoms with E-state index in [-0.39, 0.29) is 11.8 Å². The van der Waals surface area contributed by atoms with Gasteiger partial charge in [0.2, 0.25) is 5.89 Å². The lowest BCUT2D eigenvalue weighted by Crippen LogP contribution is -1.88. The van der Waals surface area contributed by atoms with Gasteiger partial charge in [0, 0.05) is 16.9 Å². The van der Waals surface area contributed by atoms with Gasteiger partial charge in [0.15, 0.2) is 5.82 Å². The summed E-state index contributed by atoms with van der Waals surface area (Å²) in [7, 11) is 0. The fourth-order valence-corrected chi connectivity index (χ4v) is 0.469. The molecule has 1 aromatic heterocycles. The molecule has 0 atom stereocenters. The first-order valence-electron chi connectivity index (χ1n) is 4.25. The van der Waals surface area contributed by atoms with Crippen LogP contribution in [0.4, 0.5) is 0 Å². The maximum atomic E-state index is 6.96. The summed E-state index contributed by atoms with van der Waals surface area (Å²) in [5.74, 6) is 0.233. The molecule has 0 amide bonds. The van der Waals surface area contributed by atoms with Crippen molar-refractivity contribution in [3.63, 3.8) is 0 Å². The van der Waals surface area contributed by atoms with Gasteiger partial charge in [-0.1, -0.05) is 19.0 Å². The monoisotopic (exact) mass is 129 g/mol. The Balaban J connectivity index is 2.92. The third-order valence-corrected chi connectivity index (χ3v) is 0.958. The highest BCUT2D eigenvalue weighted by Gasteiger charge is 2.04. The van der Waals surface area contributed by atoms with Crippen LogP contribution in [-0.4, -0.2) is 10.1 Å². The highest BCUT2D eigenvalue weighted by molar-refractivity contribution is 4.89. The highest BCUT2D eigenvalue weighted by Crippen LogP contribution is 2.07. The maximum Gasteiger partial charge on any atom is 0.223 e. The van der Waals surface area contributed by atoms with Gasteiger partial charge in [0.25, 0.3) is 0 Å². The zero-order valence-corrected chi connectivity index (χ0v) is 5.38. The van der Waals surface area contributed by atoms with E-state index < -0.39 is 6.85 Å². The standard InChI is InChI=1S/C6H10N2O/c1-4(2)6-7-5(3)9-8-6/h4H,1-3H3/i3D3. The fourth-order valence-electron chi connectivity index (χ4n) is 0.469. The van der Waals surface area contributed by atoms with Crippen LogP contribution in [0, 0.1) is 6.85 Å².